The molecule has 0 radical (unpaired) electrons. The SMILES string of the molecule is COc1ccc(-c2cc(C(F)(F)F)nc(-n3nc(C)c([N+](=O)[O-])c3C)n2)cc1. The minimum Gasteiger partial charge on any atom is -0.497 e. The smallest absolute Gasteiger partial charge is 0.433 e. The number of nitrogens with zero attached hydrogens (tertiary/aromatic N) is 5. The number of hydrogen-bond acceptors (Lipinski definition) is 6. The Hall–Kier alpha value is -3.50. The molecule has 0 aliphatic rings. The maximum absolute atomic E-state index is 13.4. The van der Waals surface area contributed by atoms with Gasteiger partial charge in [-0.25, -0.2) is 9.97 Å². The zero-order chi connectivity index (χ0) is 20.6. The van der Waals surface area contributed by atoms with Gasteiger partial charge in [-0.3, -0.25) is 10.1 Å². The maximum atomic E-state index is 13.4. The van der Waals surface area contributed by atoms with E-state index in [1.807, 2.05) is 0 Å². The van der Waals surface area contributed by atoms with E-state index in [9.17, 15) is 23.3 Å². The van der Waals surface area contributed by atoms with E-state index in [1.165, 1.54) is 21.0 Å². The van der Waals surface area contributed by atoms with Crippen molar-refractivity contribution in [2.75, 3.05) is 7.11 Å². The Morgan fingerprint density at radius 3 is 2.29 bits per heavy atom. The van der Waals surface area contributed by atoms with Crippen molar-refractivity contribution in [3.8, 4) is 23.0 Å². The Morgan fingerprint density at radius 1 is 1.14 bits per heavy atom. The van der Waals surface area contributed by atoms with Gasteiger partial charge in [0.1, 0.15) is 17.1 Å². The highest BCUT2D eigenvalue weighted by molar-refractivity contribution is 5.61. The molecule has 8 nitrogen and oxygen atoms in total. The molecule has 1 aromatic carbocycles. The second-order valence-corrected chi connectivity index (χ2v) is 5.85. The topological polar surface area (TPSA) is 96.0 Å². The molecule has 2 aromatic heterocycles. The quantitative estimate of drug-likeness (QED) is 0.493. The van der Waals surface area contributed by atoms with Crippen molar-refractivity contribution in [3.63, 3.8) is 0 Å². The van der Waals surface area contributed by atoms with Crippen LogP contribution in [0.5, 0.6) is 5.75 Å². The van der Waals surface area contributed by atoms with Gasteiger partial charge >= 0.3 is 11.9 Å². The molecule has 146 valence electrons. The van der Waals surface area contributed by atoms with Crippen molar-refractivity contribution in [3.05, 3.63) is 57.5 Å². The fraction of sp³-hybridized carbons (Fsp3) is 0.235. The molecular weight excluding hydrogens is 379 g/mol. The molecular formula is C17H14F3N5O3. The number of benzene rings is 1. The fourth-order valence-corrected chi connectivity index (χ4v) is 2.68. The molecule has 3 rings (SSSR count). The van der Waals surface area contributed by atoms with Crippen molar-refractivity contribution in [1.29, 1.82) is 0 Å². The second kappa shape index (κ2) is 6.91. The Balaban J connectivity index is 2.22. The number of rotatable bonds is 4. The third-order valence-corrected chi connectivity index (χ3v) is 4.02. The molecule has 0 spiro atoms. The Morgan fingerprint density at radius 2 is 1.79 bits per heavy atom. The van der Waals surface area contributed by atoms with Gasteiger partial charge in [0.25, 0.3) is 5.95 Å². The van der Waals surface area contributed by atoms with E-state index in [4.69, 9.17) is 4.74 Å². The molecule has 11 heteroatoms. The van der Waals surface area contributed by atoms with E-state index in [0.717, 1.165) is 10.7 Å². The Labute approximate surface area is 156 Å². The molecule has 2 heterocycles. The molecule has 0 amide bonds. The minimum atomic E-state index is -4.74. The summed E-state index contributed by atoms with van der Waals surface area (Å²) in [7, 11) is 1.47. The number of nitro groups is 1. The van der Waals surface area contributed by atoms with Crippen molar-refractivity contribution in [1.82, 2.24) is 19.7 Å². The summed E-state index contributed by atoms with van der Waals surface area (Å²) < 4.78 is 46.1. The summed E-state index contributed by atoms with van der Waals surface area (Å²) in [5, 5.41) is 15.1. The fourth-order valence-electron chi connectivity index (χ4n) is 2.68. The van der Waals surface area contributed by atoms with Crippen molar-refractivity contribution >= 4 is 5.69 Å². The molecule has 0 atom stereocenters. The summed E-state index contributed by atoms with van der Waals surface area (Å²) in [5.41, 5.74) is -1.01. The van der Waals surface area contributed by atoms with E-state index < -0.39 is 22.7 Å². The molecule has 0 N–H and O–H groups in total. The lowest BCUT2D eigenvalue weighted by molar-refractivity contribution is -0.386. The maximum Gasteiger partial charge on any atom is 0.433 e. The summed E-state index contributed by atoms with van der Waals surface area (Å²) in [6.45, 7) is 2.76. The highest BCUT2D eigenvalue weighted by Crippen LogP contribution is 2.32. The van der Waals surface area contributed by atoms with Crippen LogP contribution < -0.4 is 4.74 Å². The van der Waals surface area contributed by atoms with Gasteiger partial charge in [-0.15, -0.1) is 0 Å². The van der Waals surface area contributed by atoms with Gasteiger partial charge in [0, 0.05) is 5.56 Å². The van der Waals surface area contributed by atoms with Crippen LogP contribution in [0.2, 0.25) is 0 Å². The number of ether oxygens (including phenoxy) is 1. The summed E-state index contributed by atoms with van der Waals surface area (Å²) in [4.78, 5) is 18.2. The standard InChI is InChI=1S/C17H14F3N5O3/c1-9-15(25(26)27)10(2)24(23-9)16-21-13(8-14(22-16)17(18,19)20)11-4-6-12(28-3)7-5-11/h4-8H,1-3H3. The van der Waals surface area contributed by atoms with Gasteiger partial charge in [0.15, 0.2) is 5.69 Å². The van der Waals surface area contributed by atoms with Crippen LogP contribution in [0.25, 0.3) is 17.2 Å². The molecule has 28 heavy (non-hydrogen) atoms. The average Bonchev–Trinajstić information content (AvgIpc) is 2.95. The zero-order valence-electron chi connectivity index (χ0n) is 15.0. The van der Waals surface area contributed by atoms with E-state index >= 15 is 0 Å². The van der Waals surface area contributed by atoms with Crippen molar-refractivity contribution in [2.24, 2.45) is 0 Å². The Bertz CT molecular complexity index is 1050. The third kappa shape index (κ3) is 3.50. The predicted molar refractivity (Wildman–Crippen MR) is 92.3 cm³/mol. The average molecular weight is 393 g/mol. The van der Waals surface area contributed by atoms with Crippen LogP contribution in [0.4, 0.5) is 18.9 Å². The van der Waals surface area contributed by atoms with E-state index in [0.29, 0.717) is 11.3 Å². The minimum absolute atomic E-state index is 0.00446. The summed E-state index contributed by atoms with van der Waals surface area (Å²) in [5.74, 6) is 0.123. The van der Waals surface area contributed by atoms with E-state index in [2.05, 4.69) is 15.1 Å². The lowest BCUT2D eigenvalue weighted by Crippen LogP contribution is -2.14. The van der Waals surface area contributed by atoms with Gasteiger partial charge in [0.2, 0.25) is 0 Å². The van der Waals surface area contributed by atoms with Crippen LogP contribution in [-0.4, -0.2) is 31.8 Å². The molecule has 0 aliphatic carbocycles. The molecule has 0 saturated carbocycles. The van der Waals surface area contributed by atoms with Crippen LogP contribution in [-0.2, 0) is 6.18 Å². The first-order valence-corrected chi connectivity index (χ1v) is 7.93. The lowest BCUT2D eigenvalue weighted by Gasteiger charge is -2.11. The number of methoxy groups -OCH3 is 1. The number of alkyl halides is 3. The van der Waals surface area contributed by atoms with Gasteiger partial charge in [-0.2, -0.15) is 23.0 Å². The lowest BCUT2D eigenvalue weighted by atomic mass is 10.1. The normalized spacial score (nSPS) is 11.5. The number of hydrogen-bond donors (Lipinski definition) is 0. The first-order valence-electron chi connectivity index (χ1n) is 7.93. The first kappa shape index (κ1) is 19.3. The van der Waals surface area contributed by atoms with Crippen LogP contribution in [0.3, 0.4) is 0 Å². The summed E-state index contributed by atoms with van der Waals surface area (Å²) >= 11 is 0. The van der Waals surface area contributed by atoms with Gasteiger partial charge in [-0.1, -0.05) is 0 Å². The Kier molecular flexibility index (Phi) is 4.75. The highest BCUT2D eigenvalue weighted by Gasteiger charge is 2.35. The van der Waals surface area contributed by atoms with Crippen LogP contribution in [0.1, 0.15) is 17.1 Å². The molecule has 0 saturated heterocycles. The van der Waals surface area contributed by atoms with E-state index in [-0.39, 0.29) is 22.8 Å². The number of aryl methyl sites for hydroxylation is 1. The van der Waals surface area contributed by atoms with Crippen molar-refractivity contribution < 1.29 is 22.8 Å². The molecule has 0 fully saturated rings. The van der Waals surface area contributed by atoms with Gasteiger partial charge < -0.3 is 4.74 Å². The molecule has 3 aromatic rings. The second-order valence-electron chi connectivity index (χ2n) is 5.85. The zero-order valence-corrected chi connectivity index (χ0v) is 15.0. The van der Waals surface area contributed by atoms with E-state index in [1.54, 1.807) is 24.3 Å². The summed E-state index contributed by atoms with van der Waals surface area (Å²) in [6, 6.07) is 7.08. The van der Waals surface area contributed by atoms with Crippen LogP contribution >= 0.6 is 0 Å². The monoisotopic (exact) mass is 393 g/mol. The largest absolute Gasteiger partial charge is 0.497 e. The number of aromatic nitrogens is 4. The molecule has 0 aliphatic heterocycles. The predicted octanol–water partition coefficient (Wildman–Crippen LogP) is 3.88. The summed E-state index contributed by atoms with van der Waals surface area (Å²) in [6.07, 6.45) is -4.74. The van der Waals surface area contributed by atoms with Crippen LogP contribution in [0, 0.1) is 24.0 Å². The molecule has 0 bridgehead atoms. The van der Waals surface area contributed by atoms with Gasteiger partial charge in [-0.05, 0) is 44.2 Å². The highest BCUT2D eigenvalue weighted by atomic mass is 19.4. The third-order valence-electron chi connectivity index (χ3n) is 4.02. The van der Waals surface area contributed by atoms with Gasteiger partial charge in [0.05, 0.1) is 17.7 Å². The number of halogens is 3. The molecule has 0 unspecified atom stereocenters. The van der Waals surface area contributed by atoms with Crippen LogP contribution in [0.15, 0.2) is 30.3 Å². The first-order chi connectivity index (χ1) is 13.1. The van der Waals surface area contributed by atoms with Crippen molar-refractivity contribution in [2.45, 2.75) is 20.0 Å².